The number of aryl methyl sites for hydroxylation is 2. The SMILES string of the molecule is CN(C)C(CNC(=O)CCC(=O)c1ccc2c(c1)CCCC2)c1cccs1. The van der Waals surface area contributed by atoms with Gasteiger partial charge < -0.3 is 10.2 Å². The summed E-state index contributed by atoms with van der Waals surface area (Å²) in [5.41, 5.74) is 3.42. The fourth-order valence-corrected chi connectivity index (χ4v) is 4.52. The number of rotatable bonds is 8. The molecule has 1 heterocycles. The van der Waals surface area contributed by atoms with Gasteiger partial charge in [0.25, 0.3) is 0 Å². The molecule has 1 aliphatic carbocycles. The van der Waals surface area contributed by atoms with E-state index in [0.717, 1.165) is 18.4 Å². The predicted octanol–water partition coefficient (Wildman–Crippen LogP) is 4.01. The maximum absolute atomic E-state index is 12.5. The molecule has 0 bridgehead atoms. The third kappa shape index (κ3) is 5.27. The van der Waals surface area contributed by atoms with Gasteiger partial charge in [-0.05, 0) is 68.4 Å². The maximum atomic E-state index is 12.5. The fourth-order valence-electron chi connectivity index (χ4n) is 3.60. The summed E-state index contributed by atoms with van der Waals surface area (Å²) in [6, 6.07) is 10.3. The summed E-state index contributed by atoms with van der Waals surface area (Å²) in [6.45, 7) is 0.555. The average molecular weight is 385 g/mol. The molecular weight excluding hydrogens is 356 g/mol. The van der Waals surface area contributed by atoms with Crippen LogP contribution >= 0.6 is 11.3 Å². The molecule has 1 unspecified atom stereocenters. The van der Waals surface area contributed by atoms with Crippen LogP contribution in [0.25, 0.3) is 0 Å². The molecule has 0 fully saturated rings. The lowest BCUT2D eigenvalue weighted by Crippen LogP contribution is -2.34. The maximum Gasteiger partial charge on any atom is 0.220 e. The van der Waals surface area contributed by atoms with Crippen molar-refractivity contribution >= 4 is 23.0 Å². The monoisotopic (exact) mass is 384 g/mol. The Labute approximate surface area is 165 Å². The molecule has 27 heavy (non-hydrogen) atoms. The molecule has 0 spiro atoms. The molecule has 1 atom stereocenters. The molecule has 0 aliphatic heterocycles. The molecular formula is C22H28N2O2S. The van der Waals surface area contributed by atoms with Crippen LogP contribution in [0.5, 0.6) is 0 Å². The van der Waals surface area contributed by atoms with Gasteiger partial charge in [-0.3, -0.25) is 9.59 Å². The van der Waals surface area contributed by atoms with Crippen LogP contribution in [-0.4, -0.2) is 37.2 Å². The van der Waals surface area contributed by atoms with E-state index >= 15 is 0 Å². The van der Waals surface area contributed by atoms with Crippen molar-refractivity contribution in [1.82, 2.24) is 10.2 Å². The summed E-state index contributed by atoms with van der Waals surface area (Å²) in [5.74, 6) is -0.00865. The zero-order valence-corrected chi connectivity index (χ0v) is 17.0. The molecule has 1 N–H and O–H groups in total. The molecule has 0 saturated carbocycles. The molecule has 4 nitrogen and oxygen atoms in total. The summed E-state index contributed by atoms with van der Waals surface area (Å²) in [7, 11) is 4.02. The van der Waals surface area contributed by atoms with E-state index in [0.29, 0.717) is 6.54 Å². The normalized spacial score (nSPS) is 14.6. The number of nitrogens with one attached hydrogen (secondary N) is 1. The second-order valence-electron chi connectivity index (χ2n) is 7.41. The Hall–Kier alpha value is -1.98. The van der Waals surface area contributed by atoms with Crippen molar-refractivity contribution in [3.05, 3.63) is 57.3 Å². The van der Waals surface area contributed by atoms with E-state index in [1.165, 1.54) is 28.8 Å². The largest absolute Gasteiger partial charge is 0.354 e. The first-order chi connectivity index (χ1) is 13.0. The van der Waals surface area contributed by atoms with E-state index in [1.54, 1.807) is 11.3 Å². The summed E-state index contributed by atoms with van der Waals surface area (Å²) < 4.78 is 0. The molecule has 0 saturated heterocycles. The highest BCUT2D eigenvalue weighted by molar-refractivity contribution is 7.10. The minimum Gasteiger partial charge on any atom is -0.354 e. The number of likely N-dealkylation sites (N-methyl/N-ethyl adjacent to an activating group) is 1. The van der Waals surface area contributed by atoms with E-state index in [4.69, 9.17) is 0 Å². The van der Waals surface area contributed by atoms with Gasteiger partial charge in [-0.2, -0.15) is 0 Å². The molecule has 1 aromatic heterocycles. The van der Waals surface area contributed by atoms with Gasteiger partial charge in [0.15, 0.2) is 5.78 Å². The van der Waals surface area contributed by atoms with Crippen molar-refractivity contribution in [3.8, 4) is 0 Å². The van der Waals surface area contributed by atoms with Crippen molar-refractivity contribution < 1.29 is 9.59 Å². The Balaban J connectivity index is 1.49. The highest BCUT2D eigenvalue weighted by Gasteiger charge is 2.17. The number of hydrogen-bond acceptors (Lipinski definition) is 4. The molecule has 0 radical (unpaired) electrons. The van der Waals surface area contributed by atoms with Crippen LogP contribution < -0.4 is 5.32 Å². The Bertz CT molecular complexity index is 784. The van der Waals surface area contributed by atoms with Gasteiger partial charge in [0.05, 0.1) is 6.04 Å². The molecule has 3 rings (SSSR count). The number of fused-ring (bicyclic) bond motifs is 1. The average Bonchev–Trinajstić information content (AvgIpc) is 3.20. The minimum atomic E-state index is -0.0651. The Kier molecular flexibility index (Phi) is 6.80. The zero-order chi connectivity index (χ0) is 19.2. The quantitative estimate of drug-likeness (QED) is 0.700. The van der Waals surface area contributed by atoms with Crippen molar-refractivity contribution in [2.45, 2.75) is 44.6 Å². The van der Waals surface area contributed by atoms with Gasteiger partial charge >= 0.3 is 0 Å². The van der Waals surface area contributed by atoms with Crippen LogP contribution in [-0.2, 0) is 17.6 Å². The highest BCUT2D eigenvalue weighted by atomic mass is 32.1. The van der Waals surface area contributed by atoms with Gasteiger partial charge in [-0.15, -0.1) is 11.3 Å². The number of ketones is 1. The number of carbonyl (C=O) groups excluding carboxylic acids is 2. The molecule has 5 heteroatoms. The number of thiophene rings is 1. The predicted molar refractivity (Wildman–Crippen MR) is 110 cm³/mol. The van der Waals surface area contributed by atoms with Gasteiger partial charge in [0.1, 0.15) is 0 Å². The van der Waals surface area contributed by atoms with E-state index in [1.807, 2.05) is 37.7 Å². The Morgan fingerprint density at radius 3 is 2.59 bits per heavy atom. The topological polar surface area (TPSA) is 49.4 Å². The molecule has 1 aliphatic rings. The van der Waals surface area contributed by atoms with Crippen molar-refractivity contribution in [2.24, 2.45) is 0 Å². The number of amides is 1. The number of hydrogen-bond donors (Lipinski definition) is 1. The second kappa shape index (κ2) is 9.29. The lowest BCUT2D eigenvalue weighted by Gasteiger charge is -2.23. The lowest BCUT2D eigenvalue weighted by molar-refractivity contribution is -0.121. The fraction of sp³-hybridized carbons (Fsp3) is 0.455. The standard InChI is InChI=1S/C22H28N2O2S/c1-24(2)19(21-8-5-13-27-21)15-23-22(26)12-11-20(25)18-10-9-16-6-3-4-7-17(16)14-18/h5,8-10,13-14,19H,3-4,6-7,11-12,15H2,1-2H3,(H,23,26). The van der Waals surface area contributed by atoms with Crippen molar-refractivity contribution in [2.75, 3.05) is 20.6 Å². The van der Waals surface area contributed by atoms with Crippen LogP contribution in [0, 0.1) is 0 Å². The van der Waals surface area contributed by atoms with Crippen LogP contribution in [0.15, 0.2) is 35.7 Å². The minimum absolute atomic E-state index is 0.0564. The molecule has 144 valence electrons. The van der Waals surface area contributed by atoms with Crippen molar-refractivity contribution in [3.63, 3.8) is 0 Å². The number of nitrogens with zero attached hydrogens (tertiary/aromatic N) is 1. The van der Waals surface area contributed by atoms with Crippen LogP contribution in [0.3, 0.4) is 0 Å². The summed E-state index contributed by atoms with van der Waals surface area (Å²) in [6.07, 6.45) is 5.11. The first kappa shape index (κ1) is 19.8. The Morgan fingerprint density at radius 2 is 1.89 bits per heavy atom. The van der Waals surface area contributed by atoms with E-state index in [-0.39, 0.29) is 30.6 Å². The van der Waals surface area contributed by atoms with Crippen molar-refractivity contribution in [1.29, 1.82) is 0 Å². The van der Waals surface area contributed by atoms with E-state index in [2.05, 4.69) is 22.3 Å². The summed E-state index contributed by atoms with van der Waals surface area (Å²) >= 11 is 1.69. The second-order valence-corrected chi connectivity index (χ2v) is 8.39. The zero-order valence-electron chi connectivity index (χ0n) is 16.2. The first-order valence-corrected chi connectivity index (χ1v) is 10.5. The van der Waals surface area contributed by atoms with E-state index < -0.39 is 0 Å². The van der Waals surface area contributed by atoms with Gasteiger partial charge in [-0.25, -0.2) is 0 Å². The third-order valence-electron chi connectivity index (χ3n) is 5.24. The van der Waals surface area contributed by atoms with Gasteiger partial charge in [-0.1, -0.05) is 18.2 Å². The molecule has 1 amide bonds. The smallest absolute Gasteiger partial charge is 0.220 e. The summed E-state index contributed by atoms with van der Waals surface area (Å²) in [5, 5.41) is 5.03. The lowest BCUT2D eigenvalue weighted by atomic mass is 9.89. The number of benzene rings is 1. The number of carbonyl (C=O) groups is 2. The van der Waals surface area contributed by atoms with Crippen LogP contribution in [0.1, 0.15) is 58.1 Å². The van der Waals surface area contributed by atoms with Crippen LogP contribution in [0.2, 0.25) is 0 Å². The Morgan fingerprint density at radius 1 is 1.11 bits per heavy atom. The number of Topliss-reactive ketones (excluding diaryl/α,β-unsaturated/α-hetero) is 1. The first-order valence-electron chi connectivity index (χ1n) is 9.66. The van der Waals surface area contributed by atoms with Gasteiger partial charge in [0.2, 0.25) is 5.91 Å². The third-order valence-corrected chi connectivity index (χ3v) is 6.21. The summed E-state index contributed by atoms with van der Waals surface area (Å²) in [4.78, 5) is 28.0. The molecule has 1 aromatic carbocycles. The van der Waals surface area contributed by atoms with Crippen LogP contribution in [0.4, 0.5) is 0 Å². The molecule has 2 aromatic rings. The van der Waals surface area contributed by atoms with E-state index in [9.17, 15) is 9.59 Å². The van der Waals surface area contributed by atoms with Gasteiger partial charge in [0, 0.05) is 29.8 Å². The highest BCUT2D eigenvalue weighted by Crippen LogP contribution is 2.24.